The van der Waals surface area contributed by atoms with Crippen molar-refractivity contribution in [1.82, 2.24) is 5.32 Å². The zero-order valence-corrected chi connectivity index (χ0v) is 13.2. The van der Waals surface area contributed by atoms with Gasteiger partial charge in [-0.1, -0.05) is 32.9 Å². The van der Waals surface area contributed by atoms with E-state index in [0.29, 0.717) is 0 Å². The smallest absolute Gasteiger partial charge is 0.119 e. The molecule has 0 aromatic heterocycles. The van der Waals surface area contributed by atoms with Crippen LogP contribution in [-0.2, 0) is 5.41 Å². The lowest BCUT2D eigenvalue weighted by Crippen LogP contribution is -2.21. The van der Waals surface area contributed by atoms with Crippen molar-refractivity contribution in [2.24, 2.45) is 0 Å². The second-order valence-corrected chi connectivity index (χ2v) is 6.55. The Morgan fingerprint density at radius 1 is 1.25 bits per heavy atom. The van der Waals surface area contributed by atoms with Crippen LogP contribution in [0.25, 0.3) is 0 Å². The van der Waals surface area contributed by atoms with Crippen molar-refractivity contribution in [2.75, 3.05) is 13.2 Å². The third-order valence-electron chi connectivity index (χ3n) is 4.65. The van der Waals surface area contributed by atoms with Crippen molar-refractivity contribution in [3.63, 3.8) is 0 Å². The third-order valence-corrected chi connectivity index (χ3v) is 4.65. The fourth-order valence-electron chi connectivity index (χ4n) is 2.73. The molecule has 1 unspecified atom stereocenters. The van der Waals surface area contributed by atoms with Gasteiger partial charge in [-0.25, -0.2) is 0 Å². The van der Waals surface area contributed by atoms with Crippen LogP contribution < -0.4 is 10.1 Å². The van der Waals surface area contributed by atoms with E-state index in [2.05, 4.69) is 50.4 Å². The van der Waals surface area contributed by atoms with Crippen LogP contribution in [0.3, 0.4) is 0 Å². The standard InChI is InChI=1S/C18H29NO/c1-4-18(2,3)15-9-11-17(12-10-15)20-14-6-8-16-7-5-13-19-16/h9-12,16,19H,4-8,13-14H2,1-3H3. The molecule has 1 aliphatic heterocycles. The lowest BCUT2D eigenvalue weighted by Gasteiger charge is -2.23. The molecule has 0 radical (unpaired) electrons. The van der Waals surface area contributed by atoms with Crippen molar-refractivity contribution >= 4 is 0 Å². The molecule has 1 N–H and O–H groups in total. The van der Waals surface area contributed by atoms with Crippen LogP contribution in [0.5, 0.6) is 5.75 Å². The van der Waals surface area contributed by atoms with Crippen molar-refractivity contribution in [3.8, 4) is 5.75 Å². The van der Waals surface area contributed by atoms with Gasteiger partial charge in [-0.2, -0.15) is 0 Å². The Labute approximate surface area is 123 Å². The lowest BCUT2D eigenvalue weighted by molar-refractivity contribution is 0.298. The van der Waals surface area contributed by atoms with Gasteiger partial charge in [0.1, 0.15) is 5.75 Å². The molecule has 0 aliphatic carbocycles. The molecule has 2 nitrogen and oxygen atoms in total. The zero-order chi connectivity index (χ0) is 14.4. The summed E-state index contributed by atoms with van der Waals surface area (Å²) in [4.78, 5) is 0. The first-order chi connectivity index (χ1) is 9.62. The molecule has 1 atom stereocenters. The number of ether oxygens (including phenoxy) is 1. The zero-order valence-electron chi connectivity index (χ0n) is 13.2. The minimum Gasteiger partial charge on any atom is -0.494 e. The first kappa shape index (κ1) is 15.4. The highest BCUT2D eigenvalue weighted by Gasteiger charge is 2.17. The average Bonchev–Trinajstić information content (AvgIpc) is 2.97. The number of hydrogen-bond donors (Lipinski definition) is 1. The molecule has 1 fully saturated rings. The molecule has 1 aromatic rings. The van der Waals surface area contributed by atoms with Gasteiger partial charge < -0.3 is 10.1 Å². The summed E-state index contributed by atoms with van der Waals surface area (Å²) >= 11 is 0. The van der Waals surface area contributed by atoms with Gasteiger partial charge in [0, 0.05) is 6.04 Å². The highest BCUT2D eigenvalue weighted by Crippen LogP contribution is 2.28. The Hall–Kier alpha value is -1.02. The van der Waals surface area contributed by atoms with Gasteiger partial charge in [0.25, 0.3) is 0 Å². The maximum Gasteiger partial charge on any atom is 0.119 e. The van der Waals surface area contributed by atoms with Crippen LogP contribution in [0.2, 0.25) is 0 Å². The second kappa shape index (κ2) is 7.12. The van der Waals surface area contributed by atoms with E-state index in [4.69, 9.17) is 4.74 Å². The van der Waals surface area contributed by atoms with E-state index in [9.17, 15) is 0 Å². The van der Waals surface area contributed by atoms with E-state index < -0.39 is 0 Å². The molecule has 20 heavy (non-hydrogen) atoms. The number of nitrogens with one attached hydrogen (secondary N) is 1. The maximum atomic E-state index is 5.84. The summed E-state index contributed by atoms with van der Waals surface area (Å²) in [6, 6.07) is 9.36. The molecule has 1 saturated heterocycles. The van der Waals surface area contributed by atoms with Crippen LogP contribution in [0, 0.1) is 0 Å². The number of rotatable bonds is 7. The predicted molar refractivity (Wildman–Crippen MR) is 85.5 cm³/mol. The summed E-state index contributed by atoms with van der Waals surface area (Å²) in [5, 5.41) is 3.53. The average molecular weight is 275 g/mol. The Kier molecular flexibility index (Phi) is 5.47. The molecule has 1 heterocycles. The number of hydrogen-bond acceptors (Lipinski definition) is 2. The molecule has 1 aliphatic rings. The molecule has 1 aromatic carbocycles. The largest absolute Gasteiger partial charge is 0.494 e. The Balaban J connectivity index is 1.73. The van der Waals surface area contributed by atoms with Crippen LogP contribution in [0.4, 0.5) is 0 Å². The van der Waals surface area contributed by atoms with E-state index in [0.717, 1.165) is 31.2 Å². The highest BCUT2D eigenvalue weighted by atomic mass is 16.5. The van der Waals surface area contributed by atoms with Gasteiger partial charge in [-0.3, -0.25) is 0 Å². The SMILES string of the molecule is CCC(C)(C)c1ccc(OCCCC2CCCN2)cc1. The summed E-state index contributed by atoms with van der Waals surface area (Å²) in [7, 11) is 0. The monoisotopic (exact) mass is 275 g/mol. The Bertz CT molecular complexity index is 390. The predicted octanol–water partition coefficient (Wildman–Crippen LogP) is 4.29. The molecule has 2 heteroatoms. The normalized spacial score (nSPS) is 19.2. The molecule has 2 rings (SSSR count). The first-order valence-corrected chi connectivity index (χ1v) is 8.08. The third kappa shape index (κ3) is 4.24. The maximum absolute atomic E-state index is 5.84. The number of benzene rings is 1. The van der Waals surface area contributed by atoms with Gasteiger partial charge >= 0.3 is 0 Å². The van der Waals surface area contributed by atoms with Crippen LogP contribution in [0.15, 0.2) is 24.3 Å². The van der Waals surface area contributed by atoms with Gasteiger partial charge in [-0.15, -0.1) is 0 Å². The lowest BCUT2D eigenvalue weighted by atomic mass is 9.82. The Morgan fingerprint density at radius 3 is 2.60 bits per heavy atom. The minimum atomic E-state index is 0.257. The molecule has 0 bridgehead atoms. The van der Waals surface area contributed by atoms with Crippen LogP contribution >= 0.6 is 0 Å². The first-order valence-electron chi connectivity index (χ1n) is 8.08. The van der Waals surface area contributed by atoms with E-state index in [1.54, 1.807) is 0 Å². The molecule has 112 valence electrons. The molecular weight excluding hydrogens is 246 g/mol. The molecule has 0 amide bonds. The van der Waals surface area contributed by atoms with Crippen LogP contribution in [0.1, 0.15) is 58.4 Å². The van der Waals surface area contributed by atoms with Crippen molar-refractivity contribution < 1.29 is 4.74 Å². The van der Waals surface area contributed by atoms with E-state index >= 15 is 0 Å². The molecular formula is C18H29NO. The van der Waals surface area contributed by atoms with Gasteiger partial charge in [0.2, 0.25) is 0 Å². The van der Waals surface area contributed by atoms with Gasteiger partial charge in [0.05, 0.1) is 6.61 Å². The quantitative estimate of drug-likeness (QED) is 0.750. The summed E-state index contributed by atoms with van der Waals surface area (Å²) in [5.41, 5.74) is 1.65. The summed E-state index contributed by atoms with van der Waals surface area (Å²) < 4.78 is 5.84. The fraction of sp³-hybridized carbons (Fsp3) is 0.667. The van der Waals surface area contributed by atoms with Crippen LogP contribution in [-0.4, -0.2) is 19.2 Å². The topological polar surface area (TPSA) is 21.3 Å². The summed E-state index contributed by atoms with van der Waals surface area (Å²) in [6.07, 6.45) is 6.20. The highest BCUT2D eigenvalue weighted by molar-refractivity contribution is 5.31. The second-order valence-electron chi connectivity index (χ2n) is 6.55. The summed E-state index contributed by atoms with van der Waals surface area (Å²) in [6.45, 7) is 8.84. The summed E-state index contributed by atoms with van der Waals surface area (Å²) in [5.74, 6) is 1.00. The minimum absolute atomic E-state index is 0.257. The molecule has 0 saturated carbocycles. The van der Waals surface area contributed by atoms with Crippen molar-refractivity contribution in [2.45, 2.75) is 64.3 Å². The van der Waals surface area contributed by atoms with Gasteiger partial charge in [-0.05, 0) is 61.8 Å². The van der Waals surface area contributed by atoms with E-state index in [-0.39, 0.29) is 5.41 Å². The van der Waals surface area contributed by atoms with E-state index in [1.165, 1.54) is 31.4 Å². The van der Waals surface area contributed by atoms with E-state index in [1.807, 2.05) is 0 Å². The van der Waals surface area contributed by atoms with Crippen molar-refractivity contribution in [1.29, 1.82) is 0 Å². The fourth-order valence-corrected chi connectivity index (χ4v) is 2.73. The molecule has 0 spiro atoms. The van der Waals surface area contributed by atoms with Gasteiger partial charge in [0.15, 0.2) is 0 Å². The Morgan fingerprint density at radius 2 is 2.00 bits per heavy atom. The van der Waals surface area contributed by atoms with Crippen molar-refractivity contribution in [3.05, 3.63) is 29.8 Å².